The van der Waals surface area contributed by atoms with Gasteiger partial charge in [-0.15, -0.1) is 0 Å². The first-order valence-electron chi connectivity index (χ1n) is 11.8. The van der Waals surface area contributed by atoms with Crippen LogP contribution in [0.5, 0.6) is 11.5 Å². The number of benzene rings is 2. The number of aromatic nitrogens is 6. The summed E-state index contributed by atoms with van der Waals surface area (Å²) in [5, 5.41) is 12.0. The number of para-hydroxylation sites is 1. The van der Waals surface area contributed by atoms with E-state index in [1.807, 2.05) is 44.2 Å². The summed E-state index contributed by atoms with van der Waals surface area (Å²) in [4.78, 5) is 33.4. The number of ether oxygens (including phenoxy) is 2. The zero-order chi connectivity index (χ0) is 25.9. The number of carbonyl (C=O) groups is 1. The lowest BCUT2D eigenvalue weighted by Crippen LogP contribution is -2.19. The number of amides is 1. The molecule has 5 rings (SSSR count). The summed E-state index contributed by atoms with van der Waals surface area (Å²) >= 11 is 0. The van der Waals surface area contributed by atoms with Crippen molar-refractivity contribution in [3.63, 3.8) is 0 Å². The van der Waals surface area contributed by atoms with Gasteiger partial charge in [-0.3, -0.25) is 14.6 Å². The summed E-state index contributed by atoms with van der Waals surface area (Å²) in [7, 11) is 0. The quantitative estimate of drug-likeness (QED) is 0.333. The Kier molecular flexibility index (Phi) is 6.42. The molecule has 11 heteroatoms. The molecule has 0 aliphatic carbocycles. The highest BCUT2D eigenvalue weighted by Crippen LogP contribution is 2.29. The molecule has 11 nitrogen and oxygen atoms in total. The van der Waals surface area contributed by atoms with Crippen molar-refractivity contribution in [2.75, 3.05) is 18.5 Å². The molecule has 2 N–H and O–H groups in total. The van der Waals surface area contributed by atoms with Crippen LogP contribution in [0.25, 0.3) is 22.7 Å². The third-order valence-corrected chi connectivity index (χ3v) is 5.51. The lowest BCUT2D eigenvalue weighted by atomic mass is 10.2. The molecule has 37 heavy (non-hydrogen) atoms. The maximum atomic E-state index is 13.2. The smallest absolute Gasteiger partial charge is 0.263 e. The van der Waals surface area contributed by atoms with Gasteiger partial charge in [0.15, 0.2) is 17.1 Å². The average Bonchev–Trinajstić information content (AvgIpc) is 3.49. The van der Waals surface area contributed by atoms with Crippen LogP contribution in [0.15, 0.2) is 65.6 Å². The first-order valence-corrected chi connectivity index (χ1v) is 11.8. The Hall–Kier alpha value is -4.93. The third kappa shape index (κ3) is 4.66. The van der Waals surface area contributed by atoms with Crippen LogP contribution >= 0.6 is 0 Å². The van der Waals surface area contributed by atoms with Crippen LogP contribution in [0, 0.1) is 6.92 Å². The highest BCUT2D eigenvalue weighted by Gasteiger charge is 2.18. The van der Waals surface area contributed by atoms with Gasteiger partial charge in [0.1, 0.15) is 11.2 Å². The minimum atomic E-state index is -0.386. The fraction of sp³-hybridized carbons (Fsp3) is 0.192. The summed E-state index contributed by atoms with van der Waals surface area (Å²) in [5.74, 6) is 1.13. The molecule has 0 saturated heterocycles. The van der Waals surface area contributed by atoms with E-state index >= 15 is 0 Å². The van der Waals surface area contributed by atoms with Gasteiger partial charge < -0.3 is 14.8 Å². The van der Waals surface area contributed by atoms with Crippen LogP contribution in [0.3, 0.4) is 0 Å². The summed E-state index contributed by atoms with van der Waals surface area (Å²) in [5.41, 5.74) is 1.74. The summed E-state index contributed by atoms with van der Waals surface area (Å²) in [6, 6.07) is 16.0. The molecule has 1 amide bonds. The van der Waals surface area contributed by atoms with Crippen molar-refractivity contribution in [2.45, 2.75) is 20.8 Å². The van der Waals surface area contributed by atoms with E-state index in [-0.39, 0.29) is 17.4 Å². The summed E-state index contributed by atoms with van der Waals surface area (Å²) in [6.45, 7) is 6.42. The second-order valence-electron chi connectivity index (χ2n) is 8.08. The molecule has 0 atom stereocenters. The molecule has 2 aromatic carbocycles. The number of anilines is 1. The van der Waals surface area contributed by atoms with Gasteiger partial charge in [-0.05, 0) is 51.1 Å². The van der Waals surface area contributed by atoms with E-state index < -0.39 is 0 Å². The predicted octanol–water partition coefficient (Wildman–Crippen LogP) is 3.65. The van der Waals surface area contributed by atoms with Crippen LogP contribution in [0.1, 0.15) is 29.9 Å². The lowest BCUT2D eigenvalue weighted by Gasteiger charge is -2.13. The molecular formula is C26H25N7O4. The highest BCUT2D eigenvalue weighted by atomic mass is 16.5. The van der Waals surface area contributed by atoms with E-state index in [2.05, 4.69) is 25.5 Å². The van der Waals surface area contributed by atoms with Crippen molar-refractivity contribution in [1.82, 2.24) is 29.5 Å². The van der Waals surface area contributed by atoms with E-state index in [1.165, 1.54) is 10.9 Å². The van der Waals surface area contributed by atoms with Crippen LogP contribution in [-0.2, 0) is 0 Å². The van der Waals surface area contributed by atoms with Gasteiger partial charge in [-0.25, -0.2) is 4.68 Å². The molecule has 188 valence electrons. The number of fused-ring (bicyclic) bond motifs is 1. The molecular weight excluding hydrogens is 474 g/mol. The van der Waals surface area contributed by atoms with Gasteiger partial charge >= 0.3 is 0 Å². The van der Waals surface area contributed by atoms with Gasteiger partial charge in [0.05, 0.1) is 30.8 Å². The number of nitrogens with zero attached hydrogens (tertiary/aromatic N) is 5. The summed E-state index contributed by atoms with van der Waals surface area (Å²) < 4.78 is 14.2. The number of H-pyrrole nitrogens is 1. The van der Waals surface area contributed by atoms with Crippen LogP contribution in [0.4, 0.5) is 5.82 Å². The third-order valence-electron chi connectivity index (χ3n) is 5.51. The van der Waals surface area contributed by atoms with E-state index in [0.29, 0.717) is 52.8 Å². The van der Waals surface area contributed by atoms with Gasteiger partial charge in [-0.2, -0.15) is 19.9 Å². The number of hydrogen-bond acceptors (Lipinski definition) is 7. The molecule has 0 aliphatic heterocycles. The molecule has 0 bridgehead atoms. The number of aryl methyl sites for hydroxylation is 1. The van der Waals surface area contributed by atoms with Crippen molar-refractivity contribution in [1.29, 1.82) is 0 Å². The molecule has 5 aromatic rings. The topological polar surface area (TPSA) is 129 Å². The molecule has 0 aliphatic rings. The Morgan fingerprint density at radius 2 is 1.76 bits per heavy atom. The number of carbonyl (C=O) groups excluding carboxylic acids is 1. The molecule has 0 fully saturated rings. The first-order chi connectivity index (χ1) is 18.0. The Bertz CT molecular complexity index is 1640. The monoisotopic (exact) mass is 499 g/mol. The standard InChI is InChI=1S/C26H25N7O4/c1-4-36-20-12-11-17(14-21(20)37-5-2)24(34)28-22-13-16(3)31-33(22)26-29-23-19(25(35)30-26)15-27-32(23)18-9-7-6-8-10-18/h6-15H,4-5H2,1-3H3,(H,28,34)(H,29,30,35). The molecule has 3 aromatic heterocycles. The second kappa shape index (κ2) is 9.97. The molecule has 0 radical (unpaired) electrons. The van der Waals surface area contributed by atoms with Gasteiger partial charge in [-0.1, -0.05) is 18.2 Å². The van der Waals surface area contributed by atoms with Crippen LogP contribution < -0.4 is 20.3 Å². The Labute approximate surface area is 211 Å². The zero-order valence-corrected chi connectivity index (χ0v) is 20.6. The van der Waals surface area contributed by atoms with Crippen LogP contribution in [-0.4, -0.2) is 48.6 Å². The summed E-state index contributed by atoms with van der Waals surface area (Å²) in [6.07, 6.45) is 1.47. The number of hydrogen-bond donors (Lipinski definition) is 2. The van der Waals surface area contributed by atoms with Gasteiger partial charge in [0.25, 0.3) is 11.5 Å². The second-order valence-corrected chi connectivity index (χ2v) is 8.08. The molecule has 0 saturated carbocycles. The SMILES string of the molecule is CCOc1ccc(C(=O)Nc2cc(C)nn2-c2nc3c(cnn3-c3ccccc3)c(=O)[nH]2)cc1OCC. The Morgan fingerprint density at radius 3 is 2.51 bits per heavy atom. The lowest BCUT2D eigenvalue weighted by molar-refractivity contribution is 0.102. The fourth-order valence-electron chi connectivity index (χ4n) is 3.90. The van der Waals surface area contributed by atoms with Crippen molar-refractivity contribution in [3.8, 4) is 23.1 Å². The van der Waals surface area contributed by atoms with E-state index in [0.717, 1.165) is 5.69 Å². The Balaban J connectivity index is 1.51. The van der Waals surface area contributed by atoms with Crippen molar-refractivity contribution >= 4 is 22.8 Å². The van der Waals surface area contributed by atoms with Crippen molar-refractivity contribution < 1.29 is 14.3 Å². The molecule has 0 unspecified atom stereocenters. The average molecular weight is 500 g/mol. The molecule has 0 spiro atoms. The Morgan fingerprint density at radius 1 is 1.00 bits per heavy atom. The largest absolute Gasteiger partial charge is 0.490 e. The normalized spacial score (nSPS) is 11.0. The van der Waals surface area contributed by atoms with E-state index in [9.17, 15) is 9.59 Å². The number of aromatic amines is 1. The zero-order valence-electron chi connectivity index (χ0n) is 20.6. The fourth-order valence-corrected chi connectivity index (χ4v) is 3.90. The van der Waals surface area contributed by atoms with Crippen molar-refractivity contribution in [2.24, 2.45) is 0 Å². The predicted molar refractivity (Wildman–Crippen MR) is 138 cm³/mol. The van der Waals surface area contributed by atoms with E-state index in [4.69, 9.17) is 9.47 Å². The van der Waals surface area contributed by atoms with Gasteiger partial charge in [0.2, 0.25) is 5.95 Å². The van der Waals surface area contributed by atoms with Gasteiger partial charge in [0, 0.05) is 11.6 Å². The van der Waals surface area contributed by atoms with Crippen molar-refractivity contribution in [3.05, 3.63) is 82.4 Å². The highest BCUT2D eigenvalue weighted by molar-refractivity contribution is 6.04. The first kappa shape index (κ1) is 23.8. The minimum Gasteiger partial charge on any atom is -0.490 e. The maximum absolute atomic E-state index is 13.2. The van der Waals surface area contributed by atoms with Crippen LogP contribution in [0.2, 0.25) is 0 Å². The molecule has 3 heterocycles. The minimum absolute atomic E-state index is 0.139. The number of rotatable bonds is 8. The number of nitrogens with one attached hydrogen (secondary N) is 2. The maximum Gasteiger partial charge on any atom is 0.263 e. The van der Waals surface area contributed by atoms with E-state index in [1.54, 1.807) is 35.9 Å².